The molecule has 2 rings (SSSR count). The van der Waals surface area contributed by atoms with Gasteiger partial charge in [-0.2, -0.15) is 13.2 Å². The summed E-state index contributed by atoms with van der Waals surface area (Å²) in [6, 6.07) is 0.881. The number of rotatable bonds is 2. The van der Waals surface area contributed by atoms with E-state index < -0.39 is 11.9 Å². The van der Waals surface area contributed by atoms with Gasteiger partial charge in [-0.15, -0.1) is 11.6 Å². The third-order valence-corrected chi connectivity index (χ3v) is 3.39. The Morgan fingerprint density at radius 2 is 2.22 bits per heavy atom. The molecule has 1 aliphatic heterocycles. The van der Waals surface area contributed by atoms with Crippen LogP contribution in [0.4, 0.5) is 19.1 Å². The molecule has 0 N–H and O–H groups in total. The first-order chi connectivity index (χ1) is 8.50. The quantitative estimate of drug-likeness (QED) is 0.780. The fourth-order valence-corrected chi connectivity index (χ4v) is 2.28. The second kappa shape index (κ2) is 5.30. The summed E-state index contributed by atoms with van der Waals surface area (Å²) in [6.07, 6.45) is -1.38. The minimum Gasteiger partial charge on any atom is -0.340 e. The molecule has 0 bridgehead atoms. The highest BCUT2D eigenvalue weighted by molar-refractivity contribution is 6.18. The zero-order chi connectivity index (χ0) is 13.2. The molecule has 0 aromatic carbocycles. The van der Waals surface area contributed by atoms with Crippen LogP contribution in [0.5, 0.6) is 0 Å². The fourth-order valence-electron chi connectivity index (χ4n) is 2.03. The molecular weight excluding hydrogens is 267 g/mol. The van der Waals surface area contributed by atoms with Gasteiger partial charge in [0, 0.05) is 25.2 Å². The SMILES string of the molecule is FC(F)(F)c1ccnc(N2CCCC(CCl)C2)n1. The van der Waals surface area contributed by atoms with Crippen LogP contribution in [0.15, 0.2) is 12.3 Å². The maximum absolute atomic E-state index is 12.5. The normalized spacial score (nSPS) is 21.1. The molecule has 1 aliphatic rings. The van der Waals surface area contributed by atoms with Crippen molar-refractivity contribution in [2.75, 3.05) is 23.9 Å². The highest BCUT2D eigenvalue weighted by Crippen LogP contribution is 2.29. The van der Waals surface area contributed by atoms with Crippen molar-refractivity contribution in [2.24, 2.45) is 5.92 Å². The maximum Gasteiger partial charge on any atom is 0.433 e. The number of aromatic nitrogens is 2. The lowest BCUT2D eigenvalue weighted by molar-refractivity contribution is -0.141. The van der Waals surface area contributed by atoms with Crippen molar-refractivity contribution in [1.82, 2.24) is 9.97 Å². The van der Waals surface area contributed by atoms with Gasteiger partial charge in [0.15, 0.2) is 0 Å². The van der Waals surface area contributed by atoms with Crippen LogP contribution in [0.25, 0.3) is 0 Å². The van der Waals surface area contributed by atoms with E-state index in [9.17, 15) is 13.2 Å². The Labute approximate surface area is 108 Å². The largest absolute Gasteiger partial charge is 0.433 e. The standard InChI is InChI=1S/C11H13ClF3N3/c12-6-8-2-1-5-18(7-8)10-16-4-3-9(17-10)11(13,14)15/h3-4,8H,1-2,5-7H2. The molecule has 1 unspecified atom stereocenters. The van der Waals surface area contributed by atoms with Gasteiger partial charge >= 0.3 is 6.18 Å². The summed E-state index contributed by atoms with van der Waals surface area (Å²) in [6.45, 7) is 1.29. The number of halogens is 4. The van der Waals surface area contributed by atoms with Crippen LogP contribution in [0.1, 0.15) is 18.5 Å². The molecule has 2 heterocycles. The molecule has 1 aromatic rings. The van der Waals surface area contributed by atoms with Crippen molar-refractivity contribution < 1.29 is 13.2 Å². The third-order valence-electron chi connectivity index (χ3n) is 2.95. The lowest BCUT2D eigenvalue weighted by Gasteiger charge is -2.31. The van der Waals surface area contributed by atoms with Gasteiger partial charge in [0.25, 0.3) is 0 Å². The number of piperidine rings is 1. The predicted molar refractivity (Wildman–Crippen MR) is 62.7 cm³/mol. The van der Waals surface area contributed by atoms with Gasteiger partial charge in [-0.25, -0.2) is 9.97 Å². The Bertz CT molecular complexity index is 411. The molecule has 100 valence electrons. The van der Waals surface area contributed by atoms with Crippen LogP contribution in [0.2, 0.25) is 0 Å². The van der Waals surface area contributed by atoms with Crippen molar-refractivity contribution in [3.63, 3.8) is 0 Å². The lowest BCUT2D eigenvalue weighted by atomic mass is 10.0. The van der Waals surface area contributed by atoms with Gasteiger partial charge in [0.2, 0.25) is 5.95 Å². The number of anilines is 1. The van der Waals surface area contributed by atoms with E-state index in [4.69, 9.17) is 11.6 Å². The number of nitrogens with zero attached hydrogens (tertiary/aromatic N) is 3. The third kappa shape index (κ3) is 3.04. The summed E-state index contributed by atoms with van der Waals surface area (Å²) in [5, 5.41) is 0. The highest BCUT2D eigenvalue weighted by Gasteiger charge is 2.33. The molecular formula is C11H13ClF3N3. The highest BCUT2D eigenvalue weighted by atomic mass is 35.5. The van der Waals surface area contributed by atoms with E-state index in [0.29, 0.717) is 24.9 Å². The molecule has 0 radical (unpaired) electrons. The topological polar surface area (TPSA) is 29.0 Å². The Kier molecular flexibility index (Phi) is 3.94. The summed E-state index contributed by atoms with van der Waals surface area (Å²) in [7, 11) is 0. The van der Waals surface area contributed by atoms with Crippen LogP contribution >= 0.6 is 11.6 Å². The molecule has 1 aromatic heterocycles. The van der Waals surface area contributed by atoms with E-state index in [2.05, 4.69) is 9.97 Å². The summed E-state index contributed by atoms with van der Waals surface area (Å²) in [4.78, 5) is 9.27. The van der Waals surface area contributed by atoms with E-state index in [1.54, 1.807) is 4.90 Å². The second-order valence-electron chi connectivity index (χ2n) is 4.35. The first-order valence-electron chi connectivity index (χ1n) is 5.72. The van der Waals surface area contributed by atoms with Crippen molar-refractivity contribution in [3.8, 4) is 0 Å². The van der Waals surface area contributed by atoms with Gasteiger partial charge < -0.3 is 4.90 Å². The molecule has 0 spiro atoms. The first-order valence-corrected chi connectivity index (χ1v) is 6.25. The molecule has 3 nitrogen and oxygen atoms in total. The summed E-state index contributed by atoms with van der Waals surface area (Å²) in [5.41, 5.74) is -0.902. The first kappa shape index (κ1) is 13.4. The van der Waals surface area contributed by atoms with Gasteiger partial charge in [-0.3, -0.25) is 0 Å². The summed E-state index contributed by atoms with van der Waals surface area (Å²) < 4.78 is 37.6. The van der Waals surface area contributed by atoms with E-state index >= 15 is 0 Å². The van der Waals surface area contributed by atoms with Crippen LogP contribution in [-0.2, 0) is 6.18 Å². The Hall–Kier alpha value is -1.04. The zero-order valence-corrected chi connectivity index (χ0v) is 10.4. The van der Waals surface area contributed by atoms with E-state index in [-0.39, 0.29) is 5.95 Å². The van der Waals surface area contributed by atoms with Crippen molar-refractivity contribution in [1.29, 1.82) is 0 Å². The van der Waals surface area contributed by atoms with Crippen LogP contribution < -0.4 is 4.90 Å². The Morgan fingerprint density at radius 1 is 1.44 bits per heavy atom. The fraction of sp³-hybridized carbons (Fsp3) is 0.636. The molecule has 1 fully saturated rings. The molecule has 0 amide bonds. The molecule has 0 aliphatic carbocycles. The smallest absolute Gasteiger partial charge is 0.340 e. The van der Waals surface area contributed by atoms with E-state index in [1.807, 2.05) is 0 Å². The van der Waals surface area contributed by atoms with Crippen LogP contribution in [0, 0.1) is 5.92 Å². The van der Waals surface area contributed by atoms with Crippen molar-refractivity contribution in [3.05, 3.63) is 18.0 Å². The Balaban J connectivity index is 2.18. The van der Waals surface area contributed by atoms with Crippen molar-refractivity contribution >= 4 is 17.5 Å². The van der Waals surface area contributed by atoms with Gasteiger partial charge in [-0.05, 0) is 24.8 Å². The van der Waals surface area contributed by atoms with E-state index in [1.165, 1.54) is 0 Å². The molecule has 1 atom stereocenters. The average molecular weight is 280 g/mol. The number of hydrogen-bond acceptors (Lipinski definition) is 3. The molecule has 18 heavy (non-hydrogen) atoms. The number of alkyl halides is 4. The molecule has 1 saturated heterocycles. The Morgan fingerprint density at radius 3 is 2.89 bits per heavy atom. The second-order valence-corrected chi connectivity index (χ2v) is 4.66. The van der Waals surface area contributed by atoms with Gasteiger partial charge in [-0.1, -0.05) is 0 Å². The van der Waals surface area contributed by atoms with Crippen molar-refractivity contribution in [2.45, 2.75) is 19.0 Å². The number of hydrogen-bond donors (Lipinski definition) is 0. The van der Waals surface area contributed by atoms with Gasteiger partial charge in [0.1, 0.15) is 5.69 Å². The van der Waals surface area contributed by atoms with Crippen LogP contribution in [-0.4, -0.2) is 28.9 Å². The van der Waals surface area contributed by atoms with Gasteiger partial charge in [0.05, 0.1) is 0 Å². The lowest BCUT2D eigenvalue weighted by Crippen LogP contribution is -2.37. The predicted octanol–water partition coefficient (Wildman–Crippen LogP) is 2.95. The monoisotopic (exact) mass is 279 g/mol. The molecule has 7 heteroatoms. The average Bonchev–Trinajstić information content (AvgIpc) is 2.38. The summed E-state index contributed by atoms with van der Waals surface area (Å²) >= 11 is 5.79. The molecule has 0 saturated carbocycles. The summed E-state index contributed by atoms with van der Waals surface area (Å²) in [5.74, 6) is 0.938. The maximum atomic E-state index is 12.5. The zero-order valence-electron chi connectivity index (χ0n) is 9.62. The van der Waals surface area contributed by atoms with E-state index in [0.717, 1.165) is 25.1 Å². The minimum absolute atomic E-state index is 0.139. The van der Waals surface area contributed by atoms with Crippen LogP contribution in [0.3, 0.4) is 0 Å². The minimum atomic E-state index is -4.43.